The van der Waals surface area contributed by atoms with E-state index in [0.29, 0.717) is 25.3 Å². The maximum atomic E-state index is 11.5. The van der Waals surface area contributed by atoms with E-state index in [0.717, 1.165) is 19.4 Å². The van der Waals surface area contributed by atoms with Crippen molar-refractivity contribution < 1.29 is 14.6 Å². The molecule has 112 valence electrons. The van der Waals surface area contributed by atoms with E-state index in [2.05, 4.69) is 19.2 Å². The van der Waals surface area contributed by atoms with Crippen LogP contribution in [0.25, 0.3) is 0 Å². The van der Waals surface area contributed by atoms with Crippen molar-refractivity contribution in [2.75, 3.05) is 13.2 Å². The van der Waals surface area contributed by atoms with Gasteiger partial charge in [0.05, 0.1) is 6.10 Å². The highest BCUT2D eigenvalue weighted by Crippen LogP contribution is 2.31. The SMILES string of the molecule is CCCC(C)COC1CCCC(NCC)(C(=O)O)C1. The molecule has 2 N–H and O–H groups in total. The second kappa shape index (κ2) is 7.85. The minimum absolute atomic E-state index is 0.0863. The molecular formula is C15H29NO3. The Balaban J connectivity index is 2.50. The van der Waals surface area contributed by atoms with E-state index in [9.17, 15) is 9.90 Å². The fourth-order valence-electron chi connectivity index (χ4n) is 3.01. The number of hydrogen-bond donors (Lipinski definition) is 2. The lowest BCUT2D eigenvalue weighted by atomic mass is 9.80. The molecule has 0 aromatic carbocycles. The van der Waals surface area contributed by atoms with Gasteiger partial charge in [0.15, 0.2) is 0 Å². The van der Waals surface area contributed by atoms with E-state index < -0.39 is 11.5 Å². The number of carboxylic acids is 1. The van der Waals surface area contributed by atoms with Crippen LogP contribution < -0.4 is 5.32 Å². The summed E-state index contributed by atoms with van der Waals surface area (Å²) in [4.78, 5) is 11.5. The second-order valence-corrected chi connectivity index (χ2v) is 5.86. The van der Waals surface area contributed by atoms with Gasteiger partial charge < -0.3 is 15.2 Å². The molecule has 4 heteroatoms. The summed E-state index contributed by atoms with van der Waals surface area (Å²) < 4.78 is 5.95. The molecule has 3 atom stereocenters. The molecule has 0 bridgehead atoms. The van der Waals surface area contributed by atoms with E-state index in [1.54, 1.807) is 0 Å². The fraction of sp³-hybridized carbons (Fsp3) is 0.933. The standard InChI is InChI=1S/C15H29NO3/c1-4-7-12(3)11-19-13-8-6-9-15(10-13,14(17)18)16-5-2/h12-13,16H,4-11H2,1-3H3,(H,17,18). The van der Waals surface area contributed by atoms with Crippen molar-refractivity contribution in [3.8, 4) is 0 Å². The van der Waals surface area contributed by atoms with E-state index >= 15 is 0 Å². The van der Waals surface area contributed by atoms with Crippen LogP contribution in [-0.2, 0) is 9.53 Å². The first-order valence-electron chi connectivity index (χ1n) is 7.64. The van der Waals surface area contributed by atoms with Gasteiger partial charge in [-0.1, -0.05) is 27.2 Å². The van der Waals surface area contributed by atoms with E-state index in [4.69, 9.17) is 4.74 Å². The molecule has 0 aliphatic heterocycles. The zero-order valence-corrected chi connectivity index (χ0v) is 12.6. The van der Waals surface area contributed by atoms with Crippen molar-refractivity contribution in [2.45, 2.75) is 70.9 Å². The monoisotopic (exact) mass is 271 g/mol. The normalized spacial score (nSPS) is 29.1. The van der Waals surface area contributed by atoms with Crippen molar-refractivity contribution in [2.24, 2.45) is 5.92 Å². The summed E-state index contributed by atoms with van der Waals surface area (Å²) in [5, 5.41) is 12.6. The number of aliphatic carboxylic acids is 1. The molecule has 0 aromatic heterocycles. The lowest BCUT2D eigenvalue weighted by molar-refractivity contribution is -0.149. The Morgan fingerprint density at radius 1 is 1.53 bits per heavy atom. The first-order chi connectivity index (χ1) is 9.04. The Kier molecular flexibility index (Phi) is 6.80. The molecule has 0 amide bonds. The third-order valence-corrected chi connectivity index (χ3v) is 4.03. The van der Waals surface area contributed by atoms with Crippen LogP contribution in [-0.4, -0.2) is 35.9 Å². The third kappa shape index (κ3) is 4.77. The second-order valence-electron chi connectivity index (χ2n) is 5.86. The van der Waals surface area contributed by atoms with Gasteiger partial charge in [0, 0.05) is 13.0 Å². The molecule has 19 heavy (non-hydrogen) atoms. The van der Waals surface area contributed by atoms with Gasteiger partial charge in [-0.05, 0) is 38.1 Å². The van der Waals surface area contributed by atoms with Crippen LogP contribution in [0.3, 0.4) is 0 Å². The minimum Gasteiger partial charge on any atom is -0.480 e. The van der Waals surface area contributed by atoms with Crippen molar-refractivity contribution in [1.29, 1.82) is 0 Å². The zero-order valence-electron chi connectivity index (χ0n) is 12.6. The van der Waals surface area contributed by atoms with Crippen LogP contribution in [0, 0.1) is 5.92 Å². The van der Waals surface area contributed by atoms with Crippen molar-refractivity contribution in [3.63, 3.8) is 0 Å². The van der Waals surface area contributed by atoms with Crippen LogP contribution in [0.2, 0.25) is 0 Å². The number of carbonyl (C=O) groups is 1. The Bertz CT molecular complexity index is 279. The van der Waals surface area contributed by atoms with E-state index in [-0.39, 0.29) is 6.10 Å². The molecule has 1 aliphatic rings. The molecule has 0 aromatic rings. The van der Waals surface area contributed by atoms with Gasteiger partial charge in [0.2, 0.25) is 0 Å². The van der Waals surface area contributed by atoms with Crippen LogP contribution >= 0.6 is 0 Å². The highest BCUT2D eigenvalue weighted by atomic mass is 16.5. The maximum Gasteiger partial charge on any atom is 0.323 e. The van der Waals surface area contributed by atoms with Crippen LogP contribution in [0.4, 0.5) is 0 Å². The topological polar surface area (TPSA) is 58.6 Å². The lowest BCUT2D eigenvalue weighted by Gasteiger charge is -2.38. The first kappa shape index (κ1) is 16.4. The number of likely N-dealkylation sites (N-methyl/N-ethyl adjacent to an activating group) is 1. The summed E-state index contributed by atoms with van der Waals surface area (Å²) in [6, 6.07) is 0. The van der Waals surface area contributed by atoms with Gasteiger partial charge >= 0.3 is 5.97 Å². The van der Waals surface area contributed by atoms with Gasteiger partial charge in [-0.15, -0.1) is 0 Å². The highest BCUT2D eigenvalue weighted by molar-refractivity contribution is 5.79. The van der Waals surface area contributed by atoms with E-state index in [1.165, 1.54) is 12.8 Å². The average Bonchev–Trinajstić information content (AvgIpc) is 2.37. The first-order valence-corrected chi connectivity index (χ1v) is 7.64. The molecule has 0 radical (unpaired) electrons. The summed E-state index contributed by atoms with van der Waals surface area (Å²) in [6.07, 6.45) is 5.64. The smallest absolute Gasteiger partial charge is 0.323 e. The van der Waals surface area contributed by atoms with Crippen molar-refractivity contribution in [3.05, 3.63) is 0 Å². The van der Waals surface area contributed by atoms with Gasteiger partial charge in [-0.25, -0.2) is 0 Å². The molecular weight excluding hydrogens is 242 g/mol. The molecule has 0 heterocycles. The Morgan fingerprint density at radius 3 is 2.84 bits per heavy atom. The summed E-state index contributed by atoms with van der Waals surface area (Å²) in [6.45, 7) is 7.77. The number of nitrogens with one attached hydrogen (secondary N) is 1. The summed E-state index contributed by atoms with van der Waals surface area (Å²) in [5.74, 6) is -0.172. The van der Waals surface area contributed by atoms with E-state index in [1.807, 2.05) is 6.92 Å². The summed E-state index contributed by atoms with van der Waals surface area (Å²) >= 11 is 0. The van der Waals surface area contributed by atoms with Crippen LogP contribution in [0.1, 0.15) is 59.3 Å². The molecule has 3 unspecified atom stereocenters. The predicted octanol–water partition coefficient (Wildman–Crippen LogP) is 2.81. The minimum atomic E-state index is -0.772. The lowest BCUT2D eigenvalue weighted by Crippen LogP contribution is -2.56. The maximum absolute atomic E-state index is 11.5. The van der Waals surface area contributed by atoms with Crippen molar-refractivity contribution >= 4 is 5.97 Å². The zero-order chi connectivity index (χ0) is 14.3. The molecule has 0 saturated heterocycles. The van der Waals surface area contributed by atoms with Crippen LogP contribution in [0.15, 0.2) is 0 Å². The summed E-state index contributed by atoms with van der Waals surface area (Å²) in [5.41, 5.74) is -0.772. The molecule has 1 aliphatic carbocycles. The fourth-order valence-corrected chi connectivity index (χ4v) is 3.01. The molecule has 4 nitrogen and oxygen atoms in total. The molecule has 1 fully saturated rings. The van der Waals surface area contributed by atoms with Gasteiger partial charge in [0.1, 0.15) is 5.54 Å². The Hall–Kier alpha value is -0.610. The number of ether oxygens (including phenoxy) is 1. The van der Waals surface area contributed by atoms with Crippen molar-refractivity contribution in [1.82, 2.24) is 5.32 Å². The summed E-state index contributed by atoms with van der Waals surface area (Å²) in [7, 11) is 0. The van der Waals surface area contributed by atoms with Crippen LogP contribution in [0.5, 0.6) is 0 Å². The van der Waals surface area contributed by atoms with Gasteiger partial charge in [-0.2, -0.15) is 0 Å². The number of carboxylic acid groups (broad SMARTS) is 1. The largest absolute Gasteiger partial charge is 0.480 e. The Morgan fingerprint density at radius 2 is 2.26 bits per heavy atom. The quantitative estimate of drug-likeness (QED) is 0.712. The predicted molar refractivity (Wildman–Crippen MR) is 76.3 cm³/mol. The van der Waals surface area contributed by atoms with Gasteiger partial charge in [-0.3, -0.25) is 4.79 Å². The number of hydrogen-bond acceptors (Lipinski definition) is 3. The molecule has 1 saturated carbocycles. The molecule has 1 rings (SSSR count). The Labute approximate surface area is 116 Å². The highest BCUT2D eigenvalue weighted by Gasteiger charge is 2.42. The average molecular weight is 271 g/mol. The molecule has 0 spiro atoms. The number of rotatable bonds is 8. The third-order valence-electron chi connectivity index (χ3n) is 4.03. The van der Waals surface area contributed by atoms with Gasteiger partial charge in [0.25, 0.3) is 0 Å².